The van der Waals surface area contributed by atoms with Crippen molar-refractivity contribution in [2.45, 2.75) is 38.3 Å². The minimum Gasteiger partial charge on any atom is -0.439 e. The summed E-state index contributed by atoms with van der Waals surface area (Å²) >= 11 is 0. The van der Waals surface area contributed by atoms with E-state index >= 15 is 9.13 Å². The number of hydrogen-bond acceptors (Lipinski definition) is 3. The molecule has 4 aromatic rings. The summed E-state index contributed by atoms with van der Waals surface area (Å²) in [6.07, 6.45) is 4.02. The quantitative estimate of drug-likeness (QED) is 0.171. The smallest absolute Gasteiger partial charge is 0.281 e. The van der Waals surface area contributed by atoms with Crippen LogP contribution in [0, 0.1) is 0 Å². The molecule has 2 unspecified atom stereocenters. The van der Waals surface area contributed by atoms with Crippen LogP contribution >= 0.6 is 14.5 Å². The summed E-state index contributed by atoms with van der Waals surface area (Å²) in [7, 11) is -6.48. The molecule has 1 heterocycles. The van der Waals surface area contributed by atoms with E-state index < -0.39 is 14.5 Å². The Kier molecular flexibility index (Phi) is 7.33. The van der Waals surface area contributed by atoms with Crippen molar-refractivity contribution in [3.63, 3.8) is 0 Å². The van der Waals surface area contributed by atoms with E-state index in [-0.39, 0.29) is 5.66 Å². The van der Waals surface area contributed by atoms with Crippen LogP contribution < -0.4 is 20.4 Å². The van der Waals surface area contributed by atoms with Crippen LogP contribution in [0.5, 0.6) is 5.75 Å². The Balaban J connectivity index is 1.65. The third kappa shape index (κ3) is 4.63. The molecular formula is C31H32O3P2. The molecule has 1 aliphatic rings. The molecule has 0 spiro atoms. The fourth-order valence-corrected chi connectivity index (χ4v) is 12.0. The maximum atomic E-state index is 15.1. The highest BCUT2D eigenvalue weighted by Crippen LogP contribution is 2.62. The van der Waals surface area contributed by atoms with Gasteiger partial charge in [0.1, 0.15) is 12.9 Å². The number of hydrogen-bond donors (Lipinski definition) is 0. The van der Waals surface area contributed by atoms with Gasteiger partial charge in [-0.25, -0.2) is 0 Å². The predicted molar refractivity (Wildman–Crippen MR) is 152 cm³/mol. The SMILES string of the molecule is CCCCCC(CP(=O)(c1ccccc1)c1ccccc1)P1(=O)Oc2ccccc2-c2ccccc21. The van der Waals surface area contributed by atoms with Crippen LogP contribution in [-0.2, 0) is 9.13 Å². The zero-order chi connectivity index (χ0) is 25.0. The van der Waals surface area contributed by atoms with Crippen molar-refractivity contribution in [3.8, 4) is 16.9 Å². The number of rotatable bonds is 9. The van der Waals surface area contributed by atoms with E-state index in [1.807, 2.05) is 109 Å². The highest BCUT2D eigenvalue weighted by Gasteiger charge is 2.46. The fourth-order valence-electron chi connectivity index (χ4n) is 5.20. The monoisotopic (exact) mass is 514 g/mol. The molecule has 0 saturated carbocycles. The summed E-state index contributed by atoms with van der Waals surface area (Å²) < 4.78 is 36.6. The summed E-state index contributed by atoms with van der Waals surface area (Å²) in [5, 5.41) is 2.35. The van der Waals surface area contributed by atoms with Crippen LogP contribution in [0.25, 0.3) is 11.1 Å². The lowest BCUT2D eigenvalue weighted by molar-refractivity contribution is 0.471. The summed E-state index contributed by atoms with van der Waals surface area (Å²) in [6.45, 7) is 2.17. The Bertz CT molecular complexity index is 1370. The highest BCUT2D eigenvalue weighted by molar-refractivity contribution is 7.80. The number of benzene rings is 4. The molecular weight excluding hydrogens is 482 g/mol. The Labute approximate surface area is 214 Å². The third-order valence-electron chi connectivity index (χ3n) is 7.09. The first kappa shape index (κ1) is 24.8. The highest BCUT2D eigenvalue weighted by atomic mass is 31.2. The zero-order valence-corrected chi connectivity index (χ0v) is 22.4. The third-order valence-corrected chi connectivity index (χ3v) is 13.5. The molecule has 0 fully saturated rings. The average Bonchev–Trinajstić information content (AvgIpc) is 2.93. The number of fused-ring (bicyclic) bond motifs is 3. The normalized spacial score (nSPS) is 17.5. The first-order chi connectivity index (χ1) is 17.6. The maximum absolute atomic E-state index is 15.1. The van der Waals surface area contributed by atoms with Gasteiger partial charge in [0.15, 0.2) is 0 Å². The lowest BCUT2D eigenvalue weighted by Gasteiger charge is -2.35. The minimum absolute atomic E-state index is 0.304. The molecule has 0 bridgehead atoms. The van der Waals surface area contributed by atoms with Crippen LogP contribution in [-0.4, -0.2) is 11.8 Å². The molecule has 2 atom stereocenters. The van der Waals surface area contributed by atoms with Crippen molar-refractivity contribution in [2.75, 3.05) is 6.16 Å². The molecule has 36 heavy (non-hydrogen) atoms. The van der Waals surface area contributed by atoms with Gasteiger partial charge in [0.25, 0.3) is 7.37 Å². The Morgan fingerprint density at radius 1 is 0.722 bits per heavy atom. The second-order valence-electron chi connectivity index (χ2n) is 9.44. The number of para-hydroxylation sites is 1. The molecule has 0 aromatic heterocycles. The molecule has 0 amide bonds. The van der Waals surface area contributed by atoms with Gasteiger partial charge < -0.3 is 9.09 Å². The number of unbranched alkanes of at least 4 members (excludes halogenated alkanes) is 2. The van der Waals surface area contributed by atoms with Crippen LogP contribution in [0.2, 0.25) is 0 Å². The van der Waals surface area contributed by atoms with Gasteiger partial charge in [0.2, 0.25) is 0 Å². The molecule has 1 aliphatic heterocycles. The van der Waals surface area contributed by atoms with Crippen LogP contribution in [0.1, 0.15) is 32.6 Å². The van der Waals surface area contributed by atoms with E-state index in [4.69, 9.17) is 4.52 Å². The van der Waals surface area contributed by atoms with Crippen LogP contribution in [0.3, 0.4) is 0 Å². The predicted octanol–water partition coefficient (Wildman–Crippen LogP) is 7.61. The summed E-state index contributed by atoms with van der Waals surface area (Å²) in [4.78, 5) is 0. The second kappa shape index (κ2) is 10.6. The first-order valence-electron chi connectivity index (χ1n) is 12.7. The maximum Gasteiger partial charge on any atom is 0.281 e. The second-order valence-corrected chi connectivity index (χ2v) is 14.9. The van der Waals surface area contributed by atoms with E-state index in [0.29, 0.717) is 18.3 Å². The largest absolute Gasteiger partial charge is 0.439 e. The molecule has 0 radical (unpaired) electrons. The van der Waals surface area contributed by atoms with Gasteiger partial charge >= 0.3 is 0 Å². The van der Waals surface area contributed by atoms with Gasteiger partial charge in [-0.1, -0.05) is 123 Å². The van der Waals surface area contributed by atoms with Gasteiger partial charge in [-0.05, 0) is 24.1 Å². The van der Waals surface area contributed by atoms with Crippen molar-refractivity contribution in [1.82, 2.24) is 0 Å². The molecule has 184 valence electrons. The van der Waals surface area contributed by atoms with E-state index in [9.17, 15) is 0 Å². The van der Waals surface area contributed by atoms with Crippen LogP contribution in [0.4, 0.5) is 0 Å². The van der Waals surface area contributed by atoms with Crippen molar-refractivity contribution >= 4 is 30.4 Å². The van der Waals surface area contributed by atoms with Gasteiger partial charge in [-0.15, -0.1) is 0 Å². The van der Waals surface area contributed by atoms with Gasteiger partial charge in [-0.3, -0.25) is 4.57 Å². The van der Waals surface area contributed by atoms with Crippen LogP contribution in [0.15, 0.2) is 109 Å². The van der Waals surface area contributed by atoms with Crippen molar-refractivity contribution in [2.24, 2.45) is 0 Å². The molecule has 4 aromatic carbocycles. The summed E-state index contributed by atoms with van der Waals surface area (Å²) in [5.41, 5.74) is 1.54. The van der Waals surface area contributed by atoms with Crippen molar-refractivity contribution in [1.29, 1.82) is 0 Å². The van der Waals surface area contributed by atoms with E-state index in [1.165, 1.54) is 0 Å². The molecule has 0 N–H and O–H groups in total. The van der Waals surface area contributed by atoms with E-state index in [2.05, 4.69) is 6.92 Å². The Hall–Kier alpha value is -2.86. The van der Waals surface area contributed by atoms with Crippen molar-refractivity contribution < 1.29 is 13.7 Å². The lowest BCUT2D eigenvalue weighted by Crippen LogP contribution is -2.31. The van der Waals surface area contributed by atoms with Crippen molar-refractivity contribution in [3.05, 3.63) is 109 Å². The zero-order valence-electron chi connectivity index (χ0n) is 20.6. The molecule has 0 saturated heterocycles. The average molecular weight is 515 g/mol. The minimum atomic E-state index is -3.40. The summed E-state index contributed by atoms with van der Waals surface area (Å²) in [5.74, 6) is 0.647. The van der Waals surface area contributed by atoms with Gasteiger partial charge in [0.05, 0.1) is 11.0 Å². The molecule has 0 aliphatic carbocycles. The van der Waals surface area contributed by atoms with E-state index in [1.54, 1.807) is 0 Å². The molecule has 5 rings (SSSR count). The Morgan fingerprint density at radius 2 is 1.28 bits per heavy atom. The first-order valence-corrected chi connectivity index (χ1v) is 16.3. The molecule has 5 heteroatoms. The lowest BCUT2D eigenvalue weighted by atomic mass is 10.0. The topological polar surface area (TPSA) is 43.4 Å². The Morgan fingerprint density at radius 3 is 1.92 bits per heavy atom. The van der Waals surface area contributed by atoms with Gasteiger partial charge in [0, 0.05) is 22.3 Å². The van der Waals surface area contributed by atoms with Gasteiger partial charge in [-0.2, -0.15) is 0 Å². The molecule has 3 nitrogen and oxygen atoms in total. The standard InChI is InChI=1S/C31H32O3P2/c1-2-3-6-19-27(24-35(32,25-15-7-4-8-16-25)26-17-9-5-10-18-26)36(33)31-23-14-12-21-29(31)28-20-11-13-22-30(28)34-36/h4-5,7-18,20-23,27H,2-3,6,19,24H2,1H3. The van der Waals surface area contributed by atoms with E-state index in [0.717, 1.165) is 46.3 Å². The fraction of sp³-hybridized carbons (Fsp3) is 0.226. The summed E-state index contributed by atoms with van der Waals surface area (Å²) in [6, 6.07) is 35.1.